The third-order valence-corrected chi connectivity index (χ3v) is 9.40. The summed E-state index contributed by atoms with van der Waals surface area (Å²) < 4.78 is 35.1. The number of hydrogen-bond donors (Lipinski definition) is 15. The van der Waals surface area contributed by atoms with Crippen LogP contribution in [0.5, 0.6) is 0 Å². The molecule has 4 aliphatic rings. The predicted octanol–water partition coefficient (Wildman–Crippen LogP) is -10.0. The molecule has 3 aliphatic heterocycles. The zero-order valence-electron chi connectivity index (χ0n) is 26.7. The van der Waals surface area contributed by atoms with E-state index in [1.165, 1.54) is 0 Å². The zero-order chi connectivity index (χ0) is 36.3. The zero-order valence-corrected chi connectivity index (χ0v) is 26.7. The van der Waals surface area contributed by atoms with Crippen molar-refractivity contribution in [2.45, 2.75) is 135 Å². The summed E-state index contributed by atoms with van der Waals surface area (Å²) in [5, 5.41) is 86.4. The minimum atomic E-state index is -1.94. The first kappa shape index (κ1) is 40.4. The Kier molecular flexibility index (Phi) is 14.4. The molecule has 0 aromatic rings. The molecule has 4 rings (SSSR count). The molecule has 0 aromatic heterocycles. The number of nitrogens with one attached hydrogen (secondary N) is 1. The third-order valence-electron chi connectivity index (χ3n) is 9.40. The maximum absolute atomic E-state index is 12.7. The fourth-order valence-electron chi connectivity index (χ4n) is 6.37. The molecule has 0 bridgehead atoms. The van der Waals surface area contributed by atoms with Crippen LogP contribution in [0.1, 0.15) is 12.8 Å². The Morgan fingerprint density at radius 1 is 0.735 bits per heavy atom. The summed E-state index contributed by atoms with van der Waals surface area (Å²) in [6, 6.07) is -4.65. The van der Waals surface area contributed by atoms with E-state index in [0.29, 0.717) is 0 Å². The lowest BCUT2D eigenvalue weighted by Gasteiger charge is -2.47. The topological polar surface area (TPSA) is 402 Å². The second kappa shape index (κ2) is 17.5. The molecule has 22 nitrogen and oxygen atoms in total. The Morgan fingerprint density at radius 2 is 1.35 bits per heavy atom. The van der Waals surface area contributed by atoms with Gasteiger partial charge in [-0.15, -0.1) is 0 Å². The third kappa shape index (κ3) is 8.83. The number of aliphatic hydroxyl groups excluding tert-OH is 8. The van der Waals surface area contributed by atoms with Crippen LogP contribution >= 0.6 is 0 Å². The molecular weight excluding hydrogens is 662 g/mol. The number of amides is 1. The van der Waals surface area contributed by atoms with Gasteiger partial charge in [-0.3, -0.25) is 4.79 Å². The van der Waals surface area contributed by atoms with Crippen LogP contribution in [0, 0.1) is 0 Å². The first-order valence-corrected chi connectivity index (χ1v) is 16.1. The van der Waals surface area contributed by atoms with Crippen molar-refractivity contribution in [3.8, 4) is 0 Å². The number of hydrogen-bond acceptors (Lipinski definition) is 21. The summed E-state index contributed by atoms with van der Waals surface area (Å²) in [7, 11) is 0. The fraction of sp³-hybridized carbons (Fsp3) is 0.963. The van der Waals surface area contributed by atoms with Crippen molar-refractivity contribution in [3.63, 3.8) is 0 Å². The van der Waals surface area contributed by atoms with E-state index in [1.807, 2.05) is 0 Å². The van der Waals surface area contributed by atoms with Crippen molar-refractivity contribution in [2.75, 3.05) is 26.2 Å². The molecule has 1 saturated carbocycles. The molecule has 0 aromatic carbocycles. The van der Waals surface area contributed by atoms with Crippen LogP contribution in [0.3, 0.4) is 0 Å². The van der Waals surface area contributed by atoms with Crippen LogP contribution in [0.4, 0.5) is 0 Å². The highest BCUT2D eigenvalue weighted by atomic mass is 16.8. The lowest BCUT2D eigenvalue weighted by Crippen LogP contribution is -2.68. The number of aliphatic hydroxyl groups is 8. The fourth-order valence-corrected chi connectivity index (χ4v) is 6.37. The summed E-state index contributed by atoms with van der Waals surface area (Å²) in [4.78, 5) is 12.7. The Labute approximate surface area is 281 Å². The molecule has 3 heterocycles. The lowest BCUT2D eigenvalue weighted by molar-refractivity contribution is -0.295. The number of nitrogens with two attached hydrogens (primary N) is 6. The highest BCUT2D eigenvalue weighted by Gasteiger charge is 2.54. The van der Waals surface area contributed by atoms with Crippen molar-refractivity contribution < 1.29 is 74.1 Å². The lowest BCUT2D eigenvalue weighted by atomic mass is 9.83. The van der Waals surface area contributed by atoms with Gasteiger partial charge in [-0.2, -0.15) is 0 Å². The molecule has 1 aliphatic carbocycles. The normalized spacial score (nSPS) is 47.5. The SMILES string of the molecule is NC[C@@H]1C[C@H](O)[C@@H](N)[C@@H](O[C@H]2[C@H](O[C@@H]3O[C@H](CO)[C@@H](O[C@H]4O[C@@H](CN)[C@@H](O)[C@H](O)[C@H]4N)[C@H]3O)[C@@H](O)[C@H](NC(=O)[C@@H](O)[C@@H](O)CN)C[C@@H]2N)O1. The molecule has 49 heavy (non-hydrogen) atoms. The molecule has 286 valence electrons. The molecular formula is C27H53N7O15. The van der Waals surface area contributed by atoms with Gasteiger partial charge in [0, 0.05) is 32.1 Å². The Morgan fingerprint density at radius 3 is 1.96 bits per heavy atom. The van der Waals surface area contributed by atoms with E-state index < -0.39 is 141 Å². The van der Waals surface area contributed by atoms with Crippen molar-refractivity contribution >= 4 is 5.91 Å². The van der Waals surface area contributed by atoms with Gasteiger partial charge in [0.25, 0.3) is 5.91 Å². The molecule has 4 fully saturated rings. The van der Waals surface area contributed by atoms with Crippen molar-refractivity contribution in [2.24, 2.45) is 34.4 Å². The summed E-state index contributed by atoms with van der Waals surface area (Å²) in [6.45, 7) is -1.33. The minimum Gasteiger partial charge on any atom is -0.394 e. The number of carbonyl (C=O) groups excluding carboxylic acids is 1. The molecule has 21 N–H and O–H groups in total. The molecule has 0 unspecified atom stereocenters. The molecule has 20 atom stereocenters. The van der Waals surface area contributed by atoms with E-state index >= 15 is 0 Å². The number of rotatable bonds is 13. The summed E-state index contributed by atoms with van der Waals surface area (Å²) in [5.41, 5.74) is 35.3. The summed E-state index contributed by atoms with van der Waals surface area (Å²) >= 11 is 0. The van der Waals surface area contributed by atoms with E-state index in [2.05, 4.69) is 5.32 Å². The molecule has 22 heteroatoms. The highest BCUT2D eigenvalue weighted by Crippen LogP contribution is 2.34. The molecule has 3 saturated heterocycles. The highest BCUT2D eigenvalue weighted by molar-refractivity contribution is 5.81. The van der Waals surface area contributed by atoms with Gasteiger partial charge >= 0.3 is 0 Å². The molecule has 1 amide bonds. The van der Waals surface area contributed by atoms with Gasteiger partial charge in [0.1, 0.15) is 61.0 Å². The molecule has 0 spiro atoms. The van der Waals surface area contributed by atoms with Crippen molar-refractivity contribution in [3.05, 3.63) is 0 Å². The van der Waals surface area contributed by atoms with Crippen LogP contribution in [-0.4, -0.2) is 195 Å². The second-order valence-corrected chi connectivity index (χ2v) is 12.9. The van der Waals surface area contributed by atoms with Crippen LogP contribution in [-0.2, 0) is 33.2 Å². The Bertz CT molecular complexity index is 1060. The quantitative estimate of drug-likeness (QED) is 0.0841. The predicted molar refractivity (Wildman–Crippen MR) is 162 cm³/mol. The van der Waals surface area contributed by atoms with E-state index in [0.717, 1.165) is 0 Å². The van der Waals surface area contributed by atoms with Gasteiger partial charge in [-0.25, -0.2) is 0 Å². The first-order chi connectivity index (χ1) is 23.2. The average Bonchev–Trinajstić information content (AvgIpc) is 3.38. The van der Waals surface area contributed by atoms with E-state index in [4.69, 9.17) is 62.8 Å². The standard InChI is InChI=1S/C27H53N7O15/c28-3-7-1-10(36)14(32)25(44-7)47-21-8(31)2-9(34-24(43)17(39)11(37)4-29)16(38)23(21)49-27-20(42)22(13(6-35)46-27)48-26-15(33)19(41)18(40)12(5-30)45-26/h7-23,25-27,35-42H,1-6,28-33H2,(H,34,43)/t7-,8-,9+,10-,11-,12-,13+,14+,15+,16-,17-,18+,19+,20+,21+,22+,23+,25+,26+,27-/m0/s1. The maximum Gasteiger partial charge on any atom is 0.251 e. The van der Waals surface area contributed by atoms with Gasteiger partial charge in [-0.1, -0.05) is 0 Å². The van der Waals surface area contributed by atoms with Crippen LogP contribution in [0.25, 0.3) is 0 Å². The largest absolute Gasteiger partial charge is 0.394 e. The van der Waals surface area contributed by atoms with E-state index in [-0.39, 0.29) is 25.9 Å². The Hall–Kier alpha value is -1.33. The number of ether oxygens (including phenoxy) is 6. The minimum absolute atomic E-state index is 0.0242. The summed E-state index contributed by atoms with van der Waals surface area (Å²) in [6.07, 6.45) is -22.6. The molecule has 0 radical (unpaired) electrons. The van der Waals surface area contributed by atoms with Crippen molar-refractivity contribution in [1.82, 2.24) is 5.32 Å². The van der Waals surface area contributed by atoms with Gasteiger partial charge in [-0.05, 0) is 6.42 Å². The Balaban J connectivity index is 1.57. The van der Waals surface area contributed by atoms with Crippen LogP contribution < -0.4 is 39.7 Å². The second-order valence-electron chi connectivity index (χ2n) is 12.9. The van der Waals surface area contributed by atoms with Crippen molar-refractivity contribution in [1.29, 1.82) is 0 Å². The first-order valence-electron chi connectivity index (χ1n) is 16.1. The van der Waals surface area contributed by atoms with Gasteiger partial charge in [0.15, 0.2) is 25.0 Å². The maximum atomic E-state index is 12.7. The average molecular weight is 716 g/mol. The van der Waals surface area contributed by atoms with E-state index in [9.17, 15) is 45.6 Å². The van der Waals surface area contributed by atoms with Gasteiger partial charge in [0.05, 0.1) is 36.9 Å². The smallest absolute Gasteiger partial charge is 0.251 e. The monoisotopic (exact) mass is 715 g/mol. The van der Waals surface area contributed by atoms with Gasteiger partial charge < -0.3 is 109 Å². The van der Waals surface area contributed by atoms with E-state index in [1.54, 1.807) is 0 Å². The summed E-state index contributed by atoms with van der Waals surface area (Å²) in [5.74, 6) is -1.07. The van der Waals surface area contributed by atoms with Crippen LogP contribution in [0.15, 0.2) is 0 Å². The number of carbonyl (C=O) groups is 1. The van der Waals surface area contributed by atoms with Gasteiger partial charge in [0.2, 0.25) is 0 Å². The van der Waals surface area contributed by atoms with Crippen LogP contribution in [0.2, 0.25) is 0 Å².